The first-order valence-corrected chi connectivity index (χ1v) is 5.31. The van der Waals surface area contributed by atoms with Gasteiger partial charge in [0.2, 0.25) is 0 Å². The predicted octanol–water partition coefficient (Wildman–Crippen LogP) is 1.70. The Morgan fingerprint density at radius 3 is 2.79 bits per heavy atom. The molecule has 14 heavy (non-hydrogen) atoms. The van der Waals surface area contributed by atoms with Gasteiger partial charge in [0, 0.05) is 22.6 Å². The number of rotatable bonds is 1. The molecule has 0 saturated heterocycles. The van der Waals surface area contributed by atoms with Crippen LogP contribution in [0.2, 0.25) is 0 Å². The lowest BCUT2D eigenvalue weighted by atomic mass is 9.86. The van der Waals surface area contributed by atoms with Crippen molar-refractivity contribution in [2.45, 2.75) is 44.9 Å². The summed E-state index contributed by atoms with van der Waals surface area (Å²) >= 11 is 0. The van der Waals surface area contributed by atoms with Crippen LogP contribution in [0.25, 0.3) is 0 Å². The minimum Gasteiger partial charge on any atom is -0.330 e. The molecule has 0 aliphatic heterocycles. The van der Waals surface area contributed by atoms with Crippen LogP contribution in [0.5, 0.6) is 0 Å². The highest BCUT2D eigenvalue weighted by Crippen LogP contribution is 2.37. The molecule has 0 radical (unpaired) electrons. The van der Waals surface area contributed by atoms with Crippen LogP contribution in [0.3, 0.4) is 0 Å². The van der Waals surface area contributed by atoms with E-state index in [1.165, 1.54) is 23.4 Å². The van der Waals surface area contributed by atoms with Crippen molar-refractivity contribution in [2.24, 2.45) is 5.73 Å². The Morgan fingerprint density at radius 1 is 1.50 bits per heavy atom. The standard InChI is InChI=1S/C11H19N3/c1-11(2,3)10-9-7(6-12)4-5-8(9)13-14-10/h7H,4-6,12H2,1-3H3,(H,13,14). The van der Waals surface area contributed by atoms with E-state index in [1.54, 1.807) is 0 Å². The molecule has 2 rings (SSSR count). The Kier molecular flexibility index (Phi) is 2.14. The highest BCUT2D eigenvalue weighted by atomic mass is 15.1. The lowest BCUT2D eigenvalue weighted by Gasteiger charge is -2.19. The summed E-state index contributed by atoms with van der Waals surface area (Å²) in [6.07, 6.45) is 2.30. The van der Waals surface area contributed by atoms with Crippen molar-refractivity contribution in [3.05, 3.63) is 17.0 Å². The summed E-state index contributed by atoms with van der Waals surface area (Å²) in [6.45, 7) is 7.36. The molecule has 1 heterocycles. The largest absolute Gasteiger partial charge is 0.330 e. The molecule has 1 aromatic heterocycles. The van der Waals surface area contributed by atoms with E-state index >= 15 is 0 Å². The van der Waals surface area contributed by atoms with Gasteiger partial charge < -0.3 is 5.73 Å². The van der Waals surface area contributed by atoms with Crippen LogP contribution in [0.15, 0.2) is 0 Å². The maximum Gasteiger partial charge on any atom is 0.0713 e. The molecular weight excluding hydrogens is 174 g/mol. The number of fused-ring (bicyclic) bond motifs is 1. The number of nitrogens with two attached hydrogens (primary N) is 1. The molecule has 0 bridgehead atoms. The van der Waals surface area contributed by atoms with E-state index in [4.69, 9.17) is 5.73 Å². The molecule has 0 saturated carbocycles. The topological polar surface area (TPSA) is 54.7 Å². The number of aromatic amines is 1. The van der Waals surface area contributed by atoms with Crippen LogP contribution in [0, 0.1) is 0 Å². The van der Waals surface area contributed by atoms with Gasteiger partial charge in [0.25, 0.3) is 0 Å². The third-order valence-corrected chi connectivity index (χ3v) is 3.03. The van der Waals surface area contributed by atoms with E-state index in [9.17, 15) is 0 Å². The first-order chi connectivity index (χ1) is 6.54. The number of hydrogen-bond donors (Lipinski definition) is 2. The van der Waals surface area contributed by atoms with Gasteiger partial charge in [-0.25, -0.2) is 0 Å². The summed E-state index contributed by atoms with van der Waals surface area (Å²) in [5.74, 6) is 0.526. The summed E-state index contributed by atoms with van der Waals surface area (Å²) in [5.41, 5.74) is 9.83. The van der Waals surface area contributed by atoms with E-state index < -0.39 is 0 Å². The lowest BCUT2D eigenvalue weighted by molar-refractivity contribution is 0.547. The van der Waals surface area contributed by atoms with E-state index in [0.29, 0.717) is 5.92 Å². The minimum atomic E-state index is 0.127. The van der Waals surface area contributed by atoms with E-state index in [2.05, 4.69) is 31.0 Å². The van der Waals surface area contributed by atoms with E-state index in [1.807, 2.05) is 0 Å². The molecule has 0 fully saturated rings. The van der Waals surface area contributed by atoms with Crippen molar-refractivity contribution < 1.29 is 0 Å². The fourth-order valence-electron chi connectivity index (χ4n) is 2.29. The first kappa shape index (κ1) is 9.71. The molecule has 3 heteroatoms. The van der Waals surface area contributed by atoms with Crippen LogP contribution in [0.1, 0.15) is 50.1 Å². The maximum absolute atomic E-state index is 5.78. The Morgan fingerprint density at radius 2 is 2.21 bits per heavy atom. The molecule has 1 unspecified atom stereocenters. The normalized spacial score (nSPS) is 21.3. The number of nitrogens with zero attached hydrogens (tertiary/aromatic N) is 1. The number of H-pyrrole nitrogens is 1. The maximum atomic E-state index is 5.78. The van der Waals surface area contributed by atoms with Crippen molar-refractivity contribution in [1.82, 2.24) is 10.2 Å². The summed E-state index contributed by atoms with van der Waals surface area (Å²) < 4.78 is 0. The van der Waals surface area contributed by atoms with Crippen LogP contribution in [0.4, 0.5) is 0 Å². The Labute approximate surface area is 85.1 Å². The van der Waals surface area contributed by atoms with Gasteiger partial charge in [-0.1, -0.05) is 20.8 Å². The van der Waals surface area contributed by atoms with Crippen molar-refractivity contribution in [1.29, 1.82) is 0 Å². The second-order valence-electron chi connectivity index (χ2n) is 5.19. The van der Waals surface area contributed by atoms with E-state index in [-0.39, 0.29) is 5.41 Å². The number of hydrogen-bond acceptors (Lipinski definition) is 2. The van der Waals surface area contributed by atoms with Crippen LogP contribution >= 0.6 is 0 Å². The monoisotopic (exact) mass is 193 g/mol. The third-order valence-electron chi connectivity index (χ3n) is 3.03. The molecular formula is C11H19N3. The molecule has 0 spiro atoms. The molecule has 0 amide bonds. The van der Waals surface area contributed by atoms with Crippen molar-refractivity contribution in [2.75, 3.05) is 6.54 Å². The molecule has 1 aromatic rings. The van der Waals surface area contributed by atoms with Crippen LogP contribution in [-0.2, 0) is 11.8 Å². The quantitative estimate of drug-likeness (QED) is 0.713. The average Bonchev–Trinajstić information content (AvgIpc) is 2.59. The van der Waals surface area contributed by atoms with E-state index in [0.717, 1.165) is 13.0 Å². The highest BCUT2D eigenvalue weighted by Gasteiger charge is 2.31. The molecule has 3 nitrogen and oxygen atoms in total. The van der Waals surface area contributed by atoms with Crippen molar-refractivity contribution in [3.63, 3.8) is 0 Å². The molecule has 1 aliphatic rings. The molecule has 1 aliphatic carbocycles. The fraction of sp³-hybridized carbons (Fsp3) is 0.727. The number of aromatic nitrogens is 2. The van der Waals surface area contributed by atoms with Crippen molar-refractivity contribution >= 4 is 0 Å². The highest BCUT2D eigenvalue weighted by molar-refractivity contribution is 5.37. The van der Waals surface area contributed by atoms with Gasteiger partial charge in [0.1, 0.15) is 0 Å². The van der Waals surface area contributed by atoms with Gasteiger partial charge in [0.05, 0.1) is 5.69 Å². The Balaban J connectivity index is 2.45. The number of nitrogens with one attached hydrogen (secondary N) is 1. The number of aryl methyl sites for hydroxylation is 1. The smallest absolute Gasteiger partial charge is 0.0713 e. The third kappa shape index (κ3) is 1.36. The van der Waals surface area contributed by atoms with Gasteiger partial charge >= 0.3 is 0 Å². The predicted molar refractivity (Wildman–Crippen MR) is 57.4 cm³/mol. The summed E-state index contributed by atoms with van der Waals surface area (Å²) in [4.78, 5) is 0. The van der Waals surface area contributed by atoms with Gasteiger partial charge in [0.15, 0.2) is 0 Å². The zero-order chi connectivity index (χ0) is 10.3. The minimum absolute atomic E-state index is 0.127. The van der Waals surface area contributed by atoms with Gasteiger partial charge in [-0.2, -0.15) is 5.10 Å². The SMILES string of the molecule is CC(C)(C)c1n[nH]c2c1C(CN)CC2. The molecule has 3 N–H and O–H groups in total. The fourth-order valence-corrected chi connectivity index (χ4v) is 2.29. The van der Waals surface area contributed by atoms with Crippen molar-refractivity contribution in [3.8, 4) is 0 Å². The molecule has 1 atom stereocenters. The summed E-state index contributed by atoms with van der Waals surface area (Å²) in [7, 11) is 0. The van der Waals surface area contributed by atoms with Gasteiger partial charge in [-0.3, -0.25) is 5.10 Å². The average molecular weight is 193 g/mol. The summed E-state index contributed by atoms with van der Waals surface area (Å²) in [5, 5.41) is 7.58. The van der Waals surface area contributed by atoms with Gasteiger partial charge in [-0.05, 0) is 19.4 Å². The Bertz CT molecular complexity index is 333. The summed E-state index contributed by atoms with van der Waals surface area (Å²) in [6, 6.07) is 0. The van der Waals surface area contributed by atoms with Crippen LogP contribution < -0.4 is 5.73 Å². The van der Waals surface area contributed by atoms with Crippen LogP contribution in [-0.4, -0.2) is 16.7 Å². The Hall–Kier alpha value is -0.830. The zero-order valence-electron chi connectivity index (χ0n) is 9.22. The zero-order valence-corrected chi connectivity index (χ0v) is 9.22. The molecule has 78 valence electrons. The lowest BCUT2D eigenvalue weighted by Crippen LogP contribution is -2.18. The van der Waals surface area contributed by atoms with Gasteiger partial charge in [-0.15, -0.1) is 0 Å². The second-order valence-corrected chi connectivity index (χ2v) is 5.19. The molecule has 0 aromatic carbocycles. The first-order valence-electron chi connectivity index (χ1n) is 5.31. The second kappa shape index (κ2) is 3.09.